The summed E-state index contributed by atoms with van der Waals surface area (Å²) in [4.78, 5) is 44.1. The van der Waals surface area contributed by atoms with Crippen LogP contribution in [0.15, 0.2) is 145 Å². The highest BCUT2D eigenvalue weighted by Crippen LogP contribution is 2.53. The van der Waals surface area contributed by atoms with Gasteiger partial charge < -0.3 is 33.4 Å². The van der Waals surface area contributed by atoms with Crippen molar-refractivity contribution in [3.8, 4) is 34.5 Å². The molecule has 0 radical (unpaired) electrons. The van der Waals surface area contributed by atoms with Gasteiger partial charge in [0.25, 0.3) is 0 Å². The Balaban J connectivity index is 1.14. The molecule has 15 rings (SSSR count). The van der Waals surface area contributed by atoms with Crippen LogP contribution in [0.5, 0.6) is 34.5 Å². The molecule has 0 amide bonds. The average molecular weight is 1280 g/mol. The van der Waals surface area contributed by atoms with Gasteiger partial charge in [0.1, 0.15) is 46.1 Å². The Kier molecular flexibility index (Phi) is 17.3. The number of ether oxygens (including phenoxy) is 6. The van der Waals surface area contributed by atoms with Crippen LogP contribution in [0.25, 0.3) is 75.5 Å². The lowest BCUT2D eigenvalue weighted by Gasteiger charge is -2.20. The summed E-state index contributed by atoms with van der Waals surface area (Å²) in [6, 6.07) is 38.5. The number of aryl methyl sites for hydroxylation is 2. The molecule has 4 aliphatic rings. The van der Waals surface area contributed by atoms with E-state index >= 15 is 0 Å². The van der Waals surface area contributed by atoms with E-state index in [0.29, 0.717) is 132 Å². The van der Waals surface area contributed by atoms with Crippen molar-refractivity contribution >= 4 is 122 Å². The molecular formula is C82H82N8O6. The number of aromatic amines is 1. The monoisotopic (exact) mass is 1270 g/mol. The number of amidine groups is 4. The summed E-state index contributed by atoms with van der Waals surface area (Å²) in [6.45, 7) is 20.3. The molecule has 0 fully saturated rings. The number of aliphatic imine (C=N–C) groups is 6. The standard InChI is InChI=1S/C82H82N8O6/c1-9-15-36-91-71-53-32-25-26-33-54(53)72(92-37-16-10-2)67-66(71)78-84-60-46-61(64-62(60)47(7)56-42-49-28-21-22-29-50(49)43-57(56)74(64)94-39-18-12-4)85-79-68-69(76(96-41-20-14-6)59-45-52-31-24-23-30-51(52)44-58(59)75(68)95-40-19-13-5)82(89-79)90-80-65-63(77(86-80)87-81(67)88-78)48(8)70-55(34-27-35-83-70)73(65)93-38-17-11-3/h21-35,42-45H,9-20,36-41,46H2,1-8H3,(H,84,85,86,87,88,89,90). The Morgan fingerprint density at radius 3 is 1.14 bits per heavy atom. The maximum atomic E-state index is 7.29. The van der Waals surface area contributed by atoms with Crippen LogP contribution < -0.4 is 28.4 Å². The fourth-order valence-corrected chi connectivity index (χ4v) is 14.2. The van der Waals surface area contributed by atoms with E-state index < -0.39 is 0 Å². The zero-order valence-electron chi connectivity index (χ0n) is 56.5. The topological polar surface area (TPSA) is 158 Å². The van der Waals surface area contributed by atoms with Gasteiger partial charge in [0.05, 0.1) is 84.2 Å². The van der Waals surface area contributed by atoms with Crippen LogP contribution in [0.2, 0.25) is 0 Å². The number of aromatic nitrogens is 2. The van der Waals surface area contributed by atoms with Crippen LogP contribution in [-0.2, 0) is 0 Å². The Morgan fingerprint density at radius 2 is 0.688 bits per heavy atom. The zero-order valence-corrected chi connectivity index (χ0v) is 56.5. The lowest BCUT2D eigenvalue weighted by molar-refractivity contribution is 0.305. The molecule has 1 N–H and O–H groups in total. The third kappa shape index (κ3) is 10.8. The highest BCUT2D eigenvalue weighted by atomic mass is 16.5. The number of benzene rings is 9. The molecule has 11 aromatic rings. The number of hydrogen-bond acceptors (Lipinski definition) is 13. The van der Waals surface area contributed by atoms with Gasteiger partial charge in [-0.05, 0) is 127 Å². The highest BCUT2D eigenvalue weighted by molar-refractivity contribution is 6.40. The maximum Gasteiger partial charge on any atom is 0.168 e. The molecular weight excluding hydrogens is 1190 g/mol. The van der Waals surface area contributed by atoms with Gasteiger partial charge in [-0.3, -0.25) is 4.98 Å². The molecule has 0 unspecified atom stereocenters. The minimum atomic E-state index is 0.292. The first-order valence-corrected chi connectivity index (χ1v) is 35.1. The summed E-state index contributed by atoms with van der Waals surface area (Å²) >= 11 is 0. The number of rotatable bonds is 24. The van der Waals surface area contributed by atoms with Crippen LogP contribution in [0.3, 0.4) is 0 Å². The second kappa shape index (κ2) is 26.7. The predicted molar refractivity (Wildman–Crippen MR) is 396 cm³/mol. The van der Waals surface area contributed by atoms with Crippen molar-refractivity contribution in [3.05, 3.63) is 160 Å². The third-order valence-electron chi connectivity index (χ3n) is 19.2. The number of hydrogen-bond donors (Lipinski definition) is 1. The molecule has 1 aliphatic carbocycles. The van der Waals surface area contributed by atoms with Crippen molar-refractivity contribution in [2.75, 3.05) is 39.6 Å². The Morgan fingerprint density at radius 1 is 0.333 bits per heavy atom. The van der Waals surface area contributed by atoms with E-state index in [0.717, 1.165) is 192 Å². The summed E-state index contributed by atoms with van der Waals surface area (Å²) in [5.74, 6) is 6.77. The lowest BCUT2D eigenvalue weighted by atomic mass is 9.92. The largest absolute Gasteiger partial charge is 0.492 e. The van der Waals surface area contributed by atoms with Crippen molar-refractivity contribution in [1.29, 1.82) is 0 Å². The van der Waals surface area contributed by atoms with Gasteiger partial charge in [-0.15, -0.1) is 0 Å². The smallest absolute Gasteiger partial charge is 0.168 e. The van der Waals surface area contributed by atoms with Crippen LogP contribution in [-0.4, -0.2) is 84.4 Å². The van der Waals surface area contributed by atoms with Crippen molar-refractivity contribution in [3.63, 3.8) is 0 Å². The summed E-state index contributed by atoms with van der Waals surface area (Å²) < 4.78 is 43.2. The first kappa shape index (κ1) is 62.2. The first-order valence-electron chi connectivity index (χ1n) is 35.1. The molecule has 96 heavy (non-hydrogen) atoms. The van der Waals surface area contributed by atoms with Gasteiger partial charge in [0.2, 0.25) is 0 Å². The normalized spacial score (nSPS) is 13.9. The second-order valence-electron chi connectivity index (χ2n) is 25.7. The quantitative estimate of drug-likeness (QED) is 0.0466. The Bertz CT molecular complexity index is 5170. The van der Waals surface area contributed by atoms with Gasteiger partial charge in [-0.25, -0.2) is 30.0 Å². The van der Waals surface area contributed by atoms with E-state index in [2.05, 4.69) is 164 Å². The van der Waals surface area contributed by atoms with E-state index in [9.17, 15) is 0 Å². The molecule has 0 saturated carbocycles. The maximum absolute atomic E-state index is 7.29. The lowest BCUT2D eigenvalue weighted by Crippen LogP contribution is -2.11. The molecule has 8 bridgehead atoms. The first-order chi connectivity index (χ1) is 47.2. The van der Waals surface area contributed by atoms with Crippen molar-refractivity contribution in [1.82, 2.24) is 9.97 Å². The average Bonchev–Trinajstić information content (AvgIpc) is 1.52. The minimum absolute atomic E-state index is 0.292. The Hall–Kier alpha value is -9.95. The van der Waals surface area contributed by atoms with E-state index in [-0.39, 0.29) is 0 Å². The third-order valence-corrected chi connectivity index (χ3v) is 19.2. The van der Waals surface area contributed by atoms with Crippen LogP contribution in [0.1, 0.15) is 170 Å². The second-order valence-corrected chi connectivity index (χ2v) is 25.7. The zero-order chi connectivity index (χ0) is 65.6. The number of H-pyrrole nitrogens is 1. The SMILES string of the molecule is CCCCOc1c2c(c(C)c3cc4ccccc4cc13)C1=NC3=NC(=Nc4[nH]c(c5c(OCCCC)c6cccnc6c(C)c45)N=C4N=C(N=C2C1)c1c4c(OCCCC)c2cc4ccccc4cc2c1OCCCC)c1c3c(OCCCC)c2ccccc2c1OCCCC. The number of pyridine rings is 1. The molecule has 3 aliphatic heterocycles. The van der Waals surface area contributed by atoms with Crippen LogP contribution in [0, 0.1) is 13.8 Å². The van der Waals surface area contributed by atoms with E-state index in [1.54, 1.807) is 0 Å². The van der Waals surface area contributed by atoms with Crippen molar-refractivity contribution in [2.24, 2.45) is 30.0 Å². The number of nitrogens with one attached hydrogen (secondary N) is 1. The molecule has 5 heterocycles. The van der Waals surface area contributed by atoms with E-state index in [1.165, 1.54) is 0 Å². The number of unbranched alkanes of at least 4 members (excludes halogenated alkanes) is 6. The van der Waals surface area contributed by atoms with E-state index in [1.807, 2.05) is 12.3 Å². The minimum Gasteiger partial charge on any atom is -0.492 e. The summed E-state index contributed by atoms with van der Waals surface area (Å²) in [7, 11) is 0. The predicted octanol–water partition coefficient (Wildman–Crippen LogP) is 20.5. The van der Waals surface area contributed by atoms with Gasteiger partial charge in [-0.1, -0.05) is 153 Å². The molecule has 0 spiro atoms. The summed E-state index contributed by atoms with van der Waals surface area (Å²) in [6.07, 6.45) is 12.8. The molecule has 14 nitrogen and oxygen atoms in total. The number of fused-ring (bicyclic) bond motifs is 24. The number of nitrogens with zero attached hydrogens (tertiary/aromatic N) is 7. The summed E-state index contributed by atoms with van der Waals surface area (Å²) in [5.41, 5.74) is 8.84. The van der Waals surface area contributed by atoms with Crippen LogP contribution in [0.4, 0.5) is 11.6 Å². The molecule has 2 aromatic heterocycles. The summed E-state index contributed by atoms with van der Waals surface area (Å²) in [5, 5.41) is 12.4. The highest BCUT2D eigenvalue weighted by Gasteiger charge is 2.40. The fraction of sp³-hybridized carbons (Fsp3) is 0.329. The molecule has 14 heteroatoms. The van der Waals surface area contributed by atoms with Crippen molar-refractivity contribution in [2.45, 2.75) is 139 Å². The van der Waals surface area contributed by atoms with Gasteiger partial charge >= 0.3 is 0 Å². The molecule has 0 atom stereocenters. The molecule has 9 aromatic carbocycles. The van der Waals surface area contributed by atoms with Gasteiger partial charge in [0, 0.05) is 61.4 Å². The van der Waals surface area contributed by atoms with Crippen LogP contribution >= 0.6 is 0 Å². The molecule has 0 saturated heterocycles. The van der Waals surface area contributed by atoms with Gasteiger partial charge in [0.15, 0.2) is 23.3 Å². The van der Waals surface area contributed by atoms with Gasteiger partial charge in [-0.2, -0.15) is 0 Å². The van der Waals surface area contributed by atoms with Crippen molar-refractivity contribution < 1.29 is 28.4 Å². The Labute approximate surface area is 560 Å². The van der Waals surface area contributed by atoms with E-state index in [4.69, 9.17) is 63.4 Å². The fourth-order valence-electron chi connectivity index (χ4n) is 14.2. The molecule has 486 valence electrons.